The molecule has 1 aromatic heterocycles. The molecule has 30 heavy (non-hydrogen) atoms. The van der Waals surface area contributed by atoms with Crippen molar-refractivity contribution < 1.29 is 9.26 Å². The van der Waals surface area contributed by atoms with Gasteiger partial charge in [-0.15, -0.1) is 0 Å². The molecule has 152 valence electrons. The van der Waals surface area contributed by atoms with Crippen LogP contribution in [0.1, 0.15) is 43.2 Å². The number of methoxy groups -OCH3 is 1. The van der Waals surface area contributed by atoms with Crippen LogP contribution in [-0.4, -0.2) is 23.3 Å². The van der Waals surface area contributed by atoms with E-state index >= 15 is 0 Å². The Morgan fingerprint density at radius 1 is 1.00 bits per heavy atom. The zero-order chi connectivity index (χ0) is 20.5. The van der Waals surface area contributed by atoms with Crippen LogP contribution >= 0.6 is 0 Å². The fraction of sp³-hybridized carbons (Fsp3) is 0.280. The topological polar surface area (TPSA) is 60.2 Å². The maximum Gasteiger partial charge on any atom is 0.230 e. The molecule has 4 aromatic rings. The molecule has 5 heteroatoms. The largest absolute Gasteiger partial charge is 0.497 e. The normalized spacial score (nSPS) is 19.4. The molecule has 1 aliphatic rings. The SMILES string of the molecule is COc1ccc(-c2noc(C3CC(NC(C)c4cccc5ccccc45)C3)n2)cc1. The molecular weight excluding hydrogens is 374 g/mol. The molecule has 0 saturated heterocycles. The highest BCUT2D eigenvalue weighted by Gasteiger charge is 2.35. The van der Waals surface area contributed by atoms with Crippen LogP contribution < -0.4 is 10.1 Å². The van der Waals surface area contributed by atoms with Gasteiger partial charge in [0.2, 0.25) is 11.7 Å². The van der Waals surface area contributed by atoms with Crippen LogP contribution in [-0.2, 0) is 0 Å². The number of rotatable bonds is 6. The summed E-state index contributed by atoms with van der Waals surface area (Å²) in [5, 5.41) is 10.5. The lowest BCUT2D eigenvalue weighted by atomic mass is 9.79. The van der Waals surface area contributed by atoms with Gasteiger partial charge in [-0.25, -0.2) is 0 Å². The summed E-state index contributed by atoms with van der Waals surface area (Å²) < 4.78 is 10.8. The molecule has 3 aromatic carbocycles. The van der Waals surface area contributed by atoms with E-state index in [1.54, 1.807) is 7.11 Å². The summed E-state index contributed by atoms with van der Waals surface area (Å²) in [4.78, 5) is 4.62. The first-order valence-electron chi connectivity index (χ1n) is 10.4. The van der Waals surface area contributed by atoms with Crippen LogP contribution in [0.4, 0.5) is 0 Å². The van der Waals surface area contributed by atoms with E-state index in [4.69, 9.17) is 9.26 Å². The highest BCUT2D eigenvalue weighted by Crippen LogP contribution is 2.38. The number of nitrogens with zero attached hydrogens (tertiary/aromatic N) is 2. The molecule has 1 fully saturated rings. The summed E-state index contributed by atoms with van der Waals surface area (Å²) >= 11 is 0. The van der Waals surface area contributed by atoms with Crippen molar-refractivity contribution in [1.82, 2.24) is 15.5 Å². The van der Waals surface area contributed by atoms with E-state index in [9.17, 15) is 0 Å². The Bertz CT molecular complexity index is 1140. The lowest BCUT2D eigenvalue weighted by Crippen LogP contribution is -2.41. The number of benzene rings is 3. The van der Waals surface area contributed by atoms with Crippen molar-refractivity contribution in [2.45, 2.75) is 37.8 Å². The van der Waals surface area contributed by atoms with Crippen molar-refractivity contribution in [3.05, 3.63) is 78.2 Å². The van der Waals surface area contributed by atoms with Crippen molar-refractivity contribution in [1.29, 1.82) is 0 Å². The predicted octanol–water partition coefficient (Wildman–Crippen LogP) is 5.50. The van der Waals surface area contributed by atoms with Crippen molar-refractivity contribution in [2.75, 3.05) is 7.11 Å². The summed E-state index contributed by atoms with van der Waals surface area (Å²) in [5.74, 6) is 2.50. The first kappa shape index (κ1) is 18.8. The zero-order valence-corrected chi connectivity index (χ0v) is 17.2. The molecule has 0 spiro atoms. The Labute approximate surface area is 176 Å². The van der Waals surface area contributed by atoms with E-state index in [1.165, 1.54) is 16.3 Å². The molecular formula is C25H25N3O2. The Balaban J connectivity index is 1.22. The summed E-state index contributed by atoms with van der Waals surface area (Å²) in [7, 11) is 1.66. The van der Waals surface area contributed by atoms with Gasteiger partial charge in [-0.3, -0.25) is 0 Å². The highest BCUT2D eigenvalue weighted by molar-refractivity contribution is 5.86. The first-order chi connectivity index (χ1) is 14.7. The summed E-state index contributed by atoms with van der Waals surface area (Å²) in [6.45, 7) is 2.24. The minimum absolute atomic E-state index is 0.291. The van der Waals surface area contributed by atoms with Crippen molar-refractivity contribution >= 4 is 10.8 Å². The fourth-order valence-electron chi connectivity index (χ4n) is 4.29. The number of hydrogen-bond donors (Lipinski definition) is 1. The van der Waals surface area contributed by atoms with Crippen molar-refractivity contribution in [3.63, 3.8) is 0 Å². The van der Waals surface area contributed by atoms with E-state index in [-0.39, 0.29) is 0 Å². The van der Waals surface area contributed by atoms with Crippen LogP contribution in [0.25, 0.3) is 22.2 Å². The van der Waals surface area contributed by atoms with Crippen molar-refractivity contribution in [2.24, 2.45) is 0 Å². The average Bonchev–Trinajstić information content (AvgIpc) is 3.25. The Morgan fingerprint density at radius 2 is 1.77 bits per heavy atom. The third-order valence-corrected chi connectivity index (χ3v) is 6.05. The molecule has 1 atom stereocenters. The average molecular weight is 399 g/mol. The fourth-order valence-corrected chi connectivity index (χ4v) is 4.29. The summed E-state index contributed by atoms with van der Waals surface area (Å²) in [6, 6.07) is 23.5. The van der Waals surface area contributed by atoms with Crippen LogP contribution in [0, 0.1) is 0 Å². The smallest absolute Gasteiger partial charge is 0.230 e. The third kappa shape index (κ3) is 3.57. The molecule has 5 nitrogen and oxygen atoms in total. The lowest BCUT2D eigenvalue weighted by Gasteiger charge is -2.36. The van der Waals surface area contributed by atoms with Gasteiger partial charge in [-0.2, -0.15) is 4.98 Å². The van der Waals surface area contributed by atoms with E-state index in [1.807, 2.05) is 24.3 Å². The second-order valence-electron chi connectivity index (χ2n) is 8.01. The monoisotopic (exact) mass is 399 g/mol. The summed E-state index contributed by atoms with van der Waals surface area (Å²) in [6.07, 6.45) is 2.03. The Hall–Kier alpha value is -3.18. The molecule has 1 saturated carbocycles. The van der Waals surface area contributed by atoms with E-state index in [0.29, 0.717) is 23.8 Å². The molecule has 0 aliphatic heterocycles. The Kier molecular flexibility index (Phi) is 4.97. The molecule has 1 aliphatic carbocycles. The number of fused-ring (bicyclic) bond motifs is 1. The predicted molar refractivity (Wildman–Crippen MR) is 118 cm³/mol. The molecule has 0 radical (unpaired) electrons. The molecule has 1 heterocycles. The van der Waals surface area contributed by atoms with Gasteiger partial charge in [0.15, 0.2) is 0 Å². The van der Waals surface area contributed by atoms with Crippen LogP contribution in [0.2, 0.25) is 0 Å². The number of aromatic nitrogens is 2. The third-order valence-electron chi connectivity index (χ3n) is 6.05. The number of nitrogens with one attached hydrogen (secondary N) is 1. The molecule has 1 unspecified atom stereocenters. The van der Waals surface area contributed by atoms with Crippen LogP contribution in [0.5, 0.6) is 5.75 Å². The number of hydrogen-bond acceptors (Lipinski definition) is 5. The van der Waals surface area contributed by atoms with E-state index in [2.05, 4.69) is 64.8 Å². The molecule has 1 N–H and O–H groups in total. The van der Waals surface area contributed by atoms with Gasteiger partial charge >= 0.3 is 0 Å². The summed E-state index contributed by atoms with van der Waals surface area (Å²) in [5.41, 5.74) is 2.28. The Morgan fingerprint density at radius 3 is 2.57 bits per heavy atom. The maximum atomic E-state index is 5.56. The second kappa shape index (κ2) is 7.92. The van der Waals surface area contributed by atoms with Gasteiger partial charge in [-0.1, -0.05) is 47.6 Å². The van der Waals surface area contributed by atoms with E-state index < -0.39 is 0 Å². The maximum absolute atomic E-state index is 5.56. The van der Waals surface area contributed by atoms with Gasteiger partial charge in [-0.05, 0) is 60.4 Å². The minimum atomic E-state index is 0.291. The zero-order valence-electron chi connectivity index (χ0n) is 17.2. The van der Waals surface area contributed by atoms with E-state index in [0.717, 1.165) is 30.0 Å². The minimum Gasteiger partial charge on any atom is -0.497 e. The van der Waals surface area contributed by atoms with Crippen molar-refractivity contribution in [3.8, 4) is 17.1 Å². The van der Waals surface area contributed by atoms with Gasteiger partial charge in [0.25, 0.3) is 0 Å². The first-order valence-corrected chi connectivity index (χ1v) is 10.4. The standard InChI is InChI=1S/C25H25N3O2/c1-16(22-9-5-7-17-6-3-4-8-23(17)22)26-20-14-19(15-20)25-27-24(28-30-25)18-10-12-21(29-2)13-11-18/h3-13,16,19-20,26H,14-15H2,1-2H3. The molecule has 5 rings (SSSR count). The lowest BCUT2D eigenvalue weighted by molar-refractivity contribution is 0.223. The van der Waals surface area contributed by atoms with Gasteiger partial charge in [0, 0.05) is 23.6 Å². The molecule has 0 bridgehead atoms. The van der Waals surface area contributed by atoms with Gasteiger partial charge < -0.3 is 14.6 Å². The number of ether oxygens (including phenoxy) is 1. The second-order valence-corrected chi connectivity index (χ2v) is 8.01. The molecule has 0 amide bonds. The van der Waals surface area contributed by atoms with Gasteiger partial charge in [0.1, 0.15) is 5.75 Å². The quantitative estimate of drug-likeness (QED) is 0.464. The van der Waals surface area contributed by atoms with Crippen LogP contribution in [0.15, 0.2) is 71.3 Å². The van der Waals surface area contributed by atoms with Crippen LogP contribution in [0.3, 0.4) is 0 Å². The van der Waals surface area contributed by atoms with Gasteiger partial charge in [0.05, 0.1) is 7.11 Å². The highest BCUT2D eigenvalue weighted by atomic mass is 16.5.